The highest BCUT2D eigenvalue weighted by Gasteiger charge is 2.45. The minimum atomic E-state index is -2.53. The zero-order chi connectivity index (χ0) is 90.1. The Morgan fingerprint density at radius 3 is 0.806 bits per heavy atom. The molecule has 0 unspecified atom stereocenters. The quantitative estimate of drug-likeness (QED) is 0.108. The molecule has 7 heteroatoms. The van der Waals surface area contributed by atoms with Gasteiger partial charge in [0.2, 0.25) is 0 Å². The van der Waals surface area contributed by atoms with Gasteiger partial charge in [0, 0.05) is 96.3 Å². The fourth-order valence-corrected chi connectivity index (χ4v) is 21.7. The smallest absolute Gasteiger partial charge is 0.252 e. The molecule has 0 spiro atoms. The molecule has 26 rings (SSSR count). The zero-order valence-electron chi connectivity index (χ0n) is 76.1. The Kier molecular flexibility index (Phi) is 15.5. The Labute approximate surface area is 756 Å². The molecule has 2 aliphatic heterocycles. The summed E-state index contributed by atoms with van der Waals surface area (Å²) in [6.07, 6.45) is 0. The average molecular weight is 1650 g/mol. The molecule has 129 heavy (non-hydrogen) atoms. The van der Waals surface area contributed by atoms with Crippen LogP contribution in [0.25, 0.3) is 188 Å². The van der Waals surface area contributed by atoms with E-state index in [-0.39, 0.29) is 11.1 Å². The fourth-order valence-electron chi connectivity index (χ4n) is 21.7. The highest BCUT2D eigenvalue weighted by atomic mass is 15.2. The van der Waals surface area contributed by atoms with Crippen LogP contribution in [0, 0.1) is 13.7 Å². The van der Waals surface area contributed by atoms with Gasteiger partial charge in [0.25, 0.3) is 6.71 Å². The van der Waals surface area contributed by atoms with E-state index in [1.807, 2.05) is 30.3 Å². The largest absolute Gasteiger partial charge is 0.311 e. The third-order valence-corrected chi connectivity index (χ3v) is 27.2. The lowest BCUT2D eigenvalue weighted by molar-refractivity contribution is 1.10. The normalized spacial score (nSPS) is 13.3. The van der Waals surface area contributed by atoms with Crippen LogP contribution in [0.3, 0.4) is 0 Å². The SMILES string of the molecule is [2H]C([2H])([2H])c1ccccc1-c1cc(-c2cc3c4c(c2)N(c2ccccc2-c2ccccc2)c2cc(-c5cccc(-n6c7ccccc7c7ccccc76)c5-n5c6ccccc6c6ccccc65)ccc2B4c2ccc(-c4cccc(-n5c6ccccc6c6ccccc65)c4-n4c5ccccc5c5ccccc54)cc2N3c2ccccc2-c2ccccc2)cc(-c2ccccc2C([2H])([2H])[2H])c1. The first-order chi connectivity index (χ1) is 66.3. The molecule has 0 amide bonds. The van der Waals surface area contributed by atoms with E-state index in [4.69, 9.17) is 0 Å². The Bertz CT molecular complexity index is 8300. The lowest BCUT2D eigenvalue weighted by Crippen LogP contribution is -2.61. The number of anilines is 6. The highest BCUT2D eigenvalue weighted by molar-refractivity contribution is 7.00. The van der Waals surface area contributed by atoms with Crippen molar-refractivity contribution in [2.75, 3.05) is 9.80 Å². The van der Waals surface area contributed by atoms with Crippen molar-refractivity contribution in [3.05, 3.63) is 466 Å². The van der Waals surface area contributed by atoms with Crippen LogP contribution in [-0.4, -0.2) is 25.0 Å². The summed E-state index contributed by atoms with van der Waals surface area (Å²) in [4.78, 5) is 5.07. The van der Waals surface area contributed by atoms with Gasteiger partial charge in [0.15, 0.2) is 0 Å². The molecule has 24 aromatic rings. The van der Waals surface area contributed by atoms with Crippen LogP contribution in [0.5, 0.6) is 0 Å². The zero-order valence-corrected chi connectivity index (χ0v) is 70.1. The van der Waals surface area contributed by atoms with E-state index in [2.05, 4.69) is 428 Å². The van der Waals surface area contributed by atoms with Crippen LogP contribution in [0.15, 0.2) is 455 Å². The van der Waals surface area contributed by atoms with Crippen molar-refractivity contribution in [1.29, 1.82) is 0 Å². The number of aryl methyl sites for hydroxylation is 2. The Morgan fingerprint density at radius 2 is 0.450 bits per heavy atom. The molecule has 6 heterocycles. The molecule has 0 radical (unpaired) electrons. The molecule has 0 saturated carbocycles. The molecule has 20 aromatic carbocycles. The van der Waals surface area contributed by atoms with E-state index >= 15 is 0 Å². The molecule has 602 valence electrons. The standard InChI is InChI=1S/C122H81BN6/c1-78-35-9-11-41-88(78)86-71-84(72-87(73-86)89-42-12-10-36-79(89)2)85-76-118-120-119(77-85)127(105-56-24-14-44-91(105)81-39-7-4-8-40-81)117-75-83(93-54-34-66-115(125-108-59-27-17-47-96(108)97-48-18-28-60-109(97)125)122(93)129-112-63-31-21-51-100(112)101-52-22-32-64-113(101)129)68-70-103(117)123(120)102-69-67-82(74-116(102)126(118)104-55-23-13-43-90(104)80-37-5-3-6-38-80)92-53-33-65-114(124-106-57-25-15-45-94(106)95-46-16-26-58-107(95)124)121(92)128-110-61-29-19-49-98(110)99-50-20-30-62-111(99)128/h3-77H,1-2H3/i1D3,2D3. The number of fused-ring (bicyclic) bond motifs is 16. The maximum atomic E-state index is 9.19. The molecule has 2 aliphatic rings. The van der Waals surface area contributed by atoms with Crippen LogP contribution in [0.1, 0.15) is 19.4 Å². The monoisotopic (exact) mass is 1650 g/mol. The van der Waals surface area contributed by atoms with E-state index in [0.717, 1.165) is 216 Å². The van der Waals surface area contributed by atoms with Gasteiger partial charge in [0.05, 0.1) is 78.3 Å². The summed E-state index contributed by atoms with van der Waals surface area (Å²) in [6.45, 7) is -5.53. The van der Waals surface area contributed by atoms with E-state index in [9.17, 15) is 8.22 Å². The summed E-state index contributed by atoms with van der Waals surface area (Å²) in [5.41, 5.74) is 33.8. The summed E-state index contributed by atoms with van der Waals surface area (Å²) in [7, 11) is 0. The number of nitrogens with zero attached hydrogens (tertiary/aromatic N) is 6. The van der Waals surface area contributed by atoms with Gasteiger partial charge in [-0.25, -0.2) is 0 Å². The van der Waals surface area contributed by atoms with Crippen molar-refractivity contribution in [1.82, 2.24) is 18.3 Å². The maximum Gasteiger partial charge on any atom is 0.252 e. The van der Waals surface area contributed by atoms with Crippen LogP contribution >= 0.6 is 0 Å². The van der Waals surface area contributed by atoms with Crippen LogP contribution in [0.4, 0.5) is 34.1 Å². The van der Waals surface area contributed by atoms with Crippen molar-refractivity contribution in [2.45, 2.75) is 13.7 Å². The van der Waals surface area contributed by atoms with E-state index in [1.165, 1.54) is 0 Å². The molecule has 0 fully saturated rings. The van der Waals surface area contributed by atoms with Crippen molar-refractivity contribution >= 4 is 144 Å². The number of hydrogen-bond acceptors (Lipinski definition) is 2. The predicted octanol–water partition coefficient (Wildman–Crippen LogP) is 30.4. The van der Waals surface area contributed by atoms with Crippen molar-refractivity contribution in [3.63, 3.8) is 0 Å². The molecule has 0 N–H and O–H groups in total. The number of rotatable bonds is 13. The van der Waals surface area contributed by atoms with Crippen molar-refractivity contribution < 1.29 is 8.22 Å². The van der Waals surface area contributed by atoms with E-state index < -0.39 is 20.4 Å². The Balaban J connectivity index is 0.816. The van der Waals surface area contributed by atoms with Gasteiger partial charge in [-0.2, -0.15) is 0 Å². The Hall–Kier alpha value is -16.7. The van der Waals surface area contributed by atoms with Gasteiger partial charge in [-0.3, -0.25) is 0 Å². The first kappa shape index (κ1) is 67.7. The van der Waals surface area contributed by atoms with E-state index in [1.54, 1.807) is 24.3 Å². The fraction of sp³-hybridized carbons (Fsp3) is 0.0164. The summed E-state index contributed by atoms with van der Waals surface area (Å²) < 4.78 is 65.1. The molecule has 0 bridgehead atoms. The van der Waals surface area contributed by atoms with Crippen LogP contribution in [-0.2, 0) is 0 Å². The summed E-state index contributed by atoms with van der Waals surface area (Å²) >= 11 is 0. The second kappa shape index (κ2) is 29.5. The second-order valence-electron chi connectivity index (χ2n) is 34.1. The van der Waals surface area contributed by atoms with E-state index in [0.29, 0.717) is 22.3 Å². The molecule has 0 atom stereocenters. The molecular formula is C122H81BN6. The molecule has 4 aromatic heterocycles. The minimum absolute atomic E-state index is 0.177. The minimum Gasteiger partial charge on any atom is -0.311 e. The average Bonchev–Trinajstić information content (AvgIpc) is 1.67. The van der Waals surface area contributed by atoms with Gasteiger partial charge in [-0.05, 0) is 212 Å². The van der Waals surface area contributed by atoms with Crippen LogP contribution in [0.2, 0.25) is 0 Å². The van der Waals surface area contributed by atoms with Crippen molar-refractivity contribution in [3.8, 4) is 101 Å². The van der Waals surface area contributed by atoms with Crippen LogP contribution < -0.4 is 26.2 Å². The van der Waals surface area contributed by atoms with Gasteiger partial charge >= 0.3 is 0 Å². The molecule has 0 saturated heterocycles. The summed E-state index contributed by atoms with van der Waals surface area (Å²) in [5.74, 6) is 0. The maximum absolute atomic E-state index is 9.19. The first-order valence-corrected chi connectivity index (χ1v) is 44.2. The topological polar surface area (TPSA) is 26.2 Å². The van der Waals surface area contributed by atoms with Gasteiger partial charge in [-0.15, -0.1) is 0 Å². The molecule has 6 nitrogen and oxygen atoms in total. The van der Waals surface area contributed by atoms with Gasteiger partial charge in [0.1, 0.15) is 0 Å². The Morgan fingerprint density at radius 1 is 0.178 bits per heavy atom. The third kappa shape index (κ3) is 11.4. The molecular weight excluding hydrogens is 1560 g/mol. The lowest BCUT2D eigenvalue weighted by atomic mass is 9.33. The predicted molar refractivity (Wildman–Crippen MR) is 545 cm³/mol. The summed E-state index contributed by atoms with van der Waals surface area (Å²) in [5, 5.41) is 9.22. The second-order valence-corrected chi connectivity index (χ2v) is 34.1. The first-order valence-electron chi connectivity index (χ1n) is 47.2. The summed E-state index contributed by atoms with van der Waals surface area (Å²) in [6, 6.07) is 163. The number of hydrogen-bond donors (Lipinski definition) is 0. The van der Waals surface area contributed by atoms with Crippen molar-refractivity contribution in [2.24, 2.45) is 0 Å². The van der Waals surface area contributed by atoms with Gasteiger partial charge in [-0.1, -0.05) is 340 Å². The number of para-hydroxylation sites is 12. The van der Waals surface area contributed by atoms with Gasteiger partial charge < -0.3 is 28.1 Å². The highest BCUT2D eigenvalue weighted by Crippen LogP contribution is 2.54. The number of aromatic nitrogens is 4. The molecule has 0 aliphatic carbocycles. The lowest BCUT2D eigenvalue weighted by Gasteiger charge is -2.45. The third-order valence-electron chi connectivity index (χ3n) is 27.2. The number of benzene rings is 20.